The molecule has 0 saturated carbocycles. The highest BCUT2D eigenvalue weighted by Crippen LogP contribution is 2.49. The second-order valence-electron chi connectivity index (χ2n) is 14.5. The molecule has 0 fully saturated rings. The predicted octanol–water partition coefficient (Wildman–Crippen LogP) is 14.6. The van der Waals surface area contributed by atoms with Crippen molar-refractivity contribution in [1.82, 2.24) is 0 Å². The van der Waals surface area contributed by atoms with Gasteiger partial charge in [-0.1, -0.05) is 158 Å². The third-order valence-electron chi connectivity index (χ3n) is 11.6. The van der Waals surface area contributed by atoms with Crippen LogP contribution in [-0.4, -0.2) is 0 Å². The zero-order valence-electron chi connectivity index (χ0n) is 30.6. The van der Waals surface area contributed by atoms with Crippen molar-refractivity contribution in [3.8, 4) is 56.6 Å². The topological polar surface area (TPSA) is 60.7 Å². The third-order valence-corrected chi connectivity index (χ3v) is 11.6. The first-order valence-electron chi connectivity index (χ1n) is 19.1. The lowest BCUT2D eigenvalue weighted by Gasteiger charge is -2.18. The molecular weight excluding hydrogens is 693 g/mol. The number of nitrogens with zero attached hydrogens (tertiary/aromatic N) is 2. The Morgan fingerprint density at radius 2 is 0.684 bits per heavy atom. The third kappa shape index (κ3) is 4.84. The molecule has 0 N–H and O–H groups in total. The SMILES string of the molecule is N#Cc1ccccc1-c1c2ccccc2c(-c2ccc3oc4c(-c5c6ccccc6c(-c6ccccc6C#N)c6ccccc56)cccc4c3c2)c2ccccc12. The first kappa shape index (κ1) is 32.5. The maximum absolute atomic E-state index is 10.1. The molecule has 10 aromatic carbocycles. The minimum Gasteiger partial charge on any atom is -0.455 e. The Labute approximate surface area is 328 Å². The van der Waals surface area contributed by atoms with Gasteiger partial charge in [0.05, 0.1) is 23.3 Å². The zero-order valence-corrected chi connectivity index (χ0v) is 30.6. The summed E-state index contributed by atoms with van der Waals surface area (Å²) in [5.41, 5.74) is 11.3. The number of hydrogen-bond donors (Lipinski definition) is 0. The summed E-state index contributed by atoms with van der Waals surface area (Å²) in [6.45, 7) is 0. The van der Waals surface area contributed by atoms with Gasteiger partial charge in [-0.2, -0.15) is 10.5 Å². The number of para-hydroxylation sites is 1. The van der Waals surface area contributed by atoms with E-state index in [2.05, 4.69) is 158 Å². The Balaban J connectivity index is 1.18. The summed E-state index contributed by atoms with van der Waals surface area (Å²) in [6.07, 6.45) is 0. The van der Waals surface area contributed by atoms with Crippen LogP contribution in [0.2, 0.25) is 0 Å². The molecule has 0 spiro atoms. The van der Waals surface area contributed by atoms with Crippen LogP contribution in [0.1, 0.15) is 11.1 Å². The van der Waals surface area contributed by atoms with E-state index in [0.29, 0.717) is 11.1 Å². The molecule has 0 unspecified atom stereocenters. The van der Waals surface area contributed by atoms with Gasteiger partial charge >= 0.3 is 0 Å². The maximum atomic E-state index is 10.1. The van der Waals surface area contributed by atoms with Crippen LogP contribution in [0.15, 0.2) is 186 Å². The second kappa shape index (κ2) is 12.8. The lowest BCUT2D eigenvalue weighted by Crippen LogP contribution is -1.92. The van der Waals surface area contributed by atoms with Gasteiger partial charge in [0.2, 0.25) is 0 Å². The molecule has 11 rings (SSSR count). The van der Waals surface area contributed by atoms with Crippen LogP contribution in [0.3, 0.4) is 0 Å². The largest absolute Gasteiger partial charge is 0.455 e. The molecule has 1 heterocycles. The molecule has 0 amide bonds. The van der Waals surface area contributed by atoms with Crippen LogP contribution >= 0.6 is 0 Å². The zero-order chi connectivity index (χ0) is 38.0. The Hall–Kier alpha value is -7.98. The van der Waals surface area contributed by atoms with Gasteiger partial charge in [0.25, 0.3) is 0 Å². The summed E-state index contributed by atoms with van der Waals surface area (Å²) >= 11 is 0. The van der Waals surface area contributed by atoms with Crippen molar-refractivity contribution < 1.29 is 4.42 Å². The summed E-state index contributed by atoms with van der Waals surface area (Å²) in [7, 11) is 0. The quantitative estimate of drug-likeness (QED) is 0.170. The summed E-state index contributed by atoms with van der Waals surface area (Å²) in [6, 6.07) is 67.7. The number of furan rings is 1. The summed E-state index contributed by atoms with van der Waals surface area (Å²) in [5, 5.41) is 31.2. The Morgan fingerprint density at radius 3 is 1.14 bits per heavy atom. The smallest absolute Gasteiger partial charge is 0.143 e. The standard InChI is InChI=1S/C54H30N2O/c55-31-34-14-1-3-16-36(34)51-40-20-7-5-18-38(40)50(39-19-6-8-21-41(39)51)33-28-29-49-48(30-33)46-26-13-27-47(54(46)57-49)53-44-24-11-9-22-42(44)52(43-23-10-12-25-45(43)53)37-17-4-2-15-35(37)32-56/h1-30H. The molecule has 11 aromatic rings. The molecule has 57 heavy (non-hydrogen) atoms. The van der Waals surface area contributed by atoms with Gasteiger partial charge in [-0.05, 0) is 89.6 Å². The van der Waals surface area contributed by atoms with Crippen molar-refractivity contribution in [1.29, 1.82) is 10.5 Å². The van der Waals surface area contributed by atoms with E-state index in [0.717, 1.165) is 110 Å². The highest BCUT2D eigenvalue weighted by atomic mass is 16.3. The first-order valence-corrected chi connectivity index (χ1v) is 19.1. The van der Waals surface area contributed by atoms with E-state index < -0.39 is 0 Å². The van der Waals surface area contributed by atoms with Crippen molar-refractivity contribution in [3.63, 3.8) is 0 Å². The predicted molar refractivity (Wildman–Crippen MR) is 235 cm³/mol. The van der Waals surface area contributed by atoms with Gasteiger partial charge in [0.1, 0.15) is 11.2 Å². The van der Waals surface area contributed by atoms with Crippen LogP contribution in [-0.2, 0) is 0 Å². The van der Waals surface area contributed by atoms with E-state index in [1.807, 2.05) is 36.4 Å². The fourth-order valence-electron chi connectivity index (χ4n) is 9.19. The number of benzene rings is 10. The molecular formula is C54H30N2O. The summed E-state index contributed by atoms with van der Waals surface area (Å²) in [5.74, 6) is 0. The van der Waals surface area contributed by atoms with E-state index in [1.165, 1.54) is 0 Å². The monoisotopic (exact) mass is 722 g/mol. The molecule has 0 bridgehead atoms. The van der Waals surface area contributed by atoms with Gasteiger partial charge in [-0.25, -0.2) is 0 Å². The van der Waals surface area contributed by atoms with Crippen molar-refractivity contribution in [2.24, 2.45) is 0 Å². The lowest BCUT2D eigenvalue weighted by molar-refractivity contribution is 0.670. The summed E-state index contributed by atoms with van der Waals surface area (Å²) in [4.78, 5) is 0. The van der Waals surface area contributed by atoms with Gasteiger partial charge in [0, 0.05) is 33.0 Å². The second-order valence-corrected chi connectivity index (χ2v) is 14.5. The van der Waals surface area contributed by atoms with Crippen LogP contribution < -0.4 is 0 Å². The van der Waals surface area contributed by atoms with Gasteiger partial charge in [-0.3, -0.25) is 0 Å². The van der Waals surface area contributed by atoms with E-state index in [-0.39, 0.29) is 0 Å². The molecule has 0 atom stereocenters. The van der Waals surface area contributed by atoms with Crippen molar-refractivity contribution in [2.45, 2.75) is 0 Å². The highest BCUT2D eigenvalue weighted by molar-refractivity contribution is 6.26. The van der Waals surface area contributed by atoms with Crippen LogP contribution in [0, 0.1) is 22.7 Å². The highest BCUT2D eigenvalue weighted by Gasteiger charge is 2.23. The van der Waals surface area contributed by atoms with E-state index in [9.17, 15) is 10.5 Å². The molecule has 0 aliphatic carbocycles. The fourth-order valence-corrected chi connectivity index (χ4v) is 9.19. The van der Waals surface area contributed by atoms with E-state index in [4.69, 9.17) is 4.42 Å². The van der Waals surface area contributed by atoms with Gasteiger partial charge in [-0.15, -0.1) is 0 Å². The Bertz CT molecular complexity index is 3440. The van der Waals surface area contributed by atoms with E-state index in [1.54, 1.807) is 0 Å². The fraction of sp³-hybridized carbons (Fsp3) is 0. The minimum atomic E-state index is 0.651. The summed E-state index contributed by atoms with van der Waals surface area (Å²) < 4.78 is 6.88. The number of fused-ring (bicyclic) bond motifs is 7. The molecule has 3 nitrogen and oxygen atoms in total. The van der Waals surface area contributed by atoms with E-state index >= 15 is 0 Å². The number of nitriles is 2. The Kier molecular flexibility index (Phi) is 7.30. The molecule has 262 valence electrons. The van der Waals surface area contributed by atoms with Crippen LogP contribution in [0.4, 0.5) is 0 Å². The molecule has 1 aromatic heterocycles. The van der Waals surface area contributed by atoms with Gasteiger partial charge < -0.3 is 4.42 Å². The minimum absolute atomic E-state index is 0.651. The average Bonchev–Trinajstić information content (AvgIpc) is 3.66. The first-order chi connectivity index (χ1) is 28.2. The Morgan fingerprint density at radius 1 is 0.316 bits per heavy atom. The molecule has 0 radical (unpaired) electrons. The average molecular weight is 723 g/mol. The molecule has 0 saturated heterocycles. The van der Waals surface area contributed by atoms with Crippen molar-refractivity contribution in [3.05, 3.63) is 193 Å². The van der Waals surface area contributed by atoms with Gasteiger partial charge in [0.15, 0.2) is 0 Å². The molecule has 0 aliphatic heterocycles. The normalized spacial score (nSPS) is 11.5. The van der Waals surface area contributed by atoms with Crippen molar-refractivity contribution in [2.75, 3.05) is 0 Å². The molecule has 3 heteroatoms. The maximum Gasteiger partial charge on any atom is 0.143 e. The van der Waals surface area contributed by atoms with Crippen molar-refractivity contribution >= 4 is 65.0 Å². The van der Waals surface area contributed by atoms with Crippen LogP contribution in [0.5, 0.6) is 0 Å². The number of rotatable bonds is 4. The van der Waals surface area contributed by atoms with Crippen LogP contribution in [0.25, 0.3) is 110 Å². The number of hydrogen-bond acceptors (Lipinski definition) is 3. The molecule has 0 aliphatic rings. The lowest BCUT2D eigenvalue weighted by atomic mass is 9.84.